The lowest BCUT2D eigenvalue weighted by Gasteiger charge is -2.31. The van der Waals surface area contributed by atoms with Gasteiger partial charge in [0.1, 0.15) is 11.2 Å². The summed E-state index contributed by atoms with van der Waals surface area (Å²) in [6.07, 6.45) is 5.87. The van der Waals surface area contributed by atoms with Crippen LogP contribution in [0.4, 0.5) is 9.59 Å². The zero-order valence-electron chi connectivity index (χ0n) is 18.5. The average molecular weight is 417 g/mol. The van der Waals surface area contributed by atoms with E-state index in [-0.39, 0.29) is 18.2 Å². The number of carbonyl (C=O) groups is 2. The van der Waals surface area contributed by atoms with Gasteiger partial charge in [0.05, 0.1) is 13.2 Å². The Morgan fingerprint density at radius 2 is 2.10 bits per heavy atom. The molecule has 0 aromatic carbocycles. The summed E-state index contributed by atoms with van der Waals surface area (Å²) in [5.74, 6) is 0. The number of aromatic nitrogens is 2. The van der Waals surface area contributed by atoms with Crippen molar-refractivity contribution in [3.63, 3.8) is 0 Å². The van der Waals surface area contributed by atoms with Crippen molar-refractivity contribution in [2.45, 2.75) is 71.2 Å². The predicted octanol–water partition coefficient (Wildman–Crippen LogP) is 4.24. The Hall–Kier alpha value is -2.77. The molecule has 1 N–H and O–H groups in total. The number of aryl methyl sites for hydroxylation is 1. The summed E-state index contributed by atoms with van der Waals surface area (Å²) in [6.45, 7) is 8.92. The molecule has 2 heterocycles. The Morgan fingerprint density at radius 1 is 1.37 bits per heavy atom. The maximum Gasteiger partial charge on any atom is 0.411 e. The zero-order chi connectivity index (χ0) is 21.9. The largest absolute Gasteiger partial charge is 0.453 e. The van der Waals surface area contributed by atoms with Crippen LogP contribution < -0.4 is 5.32 Å². The summed E-state index contributed by atoms with van der Waals surface area (Å²) in [7, 11) is 1.35. The summed E-state index contributed by atoms with van der Waals surface area (Å²) in [4.78, 5) is 30.6. The van der Waals surface area contributed by atoms with Crippen molar-refractivity contribution >= 4 is 23.2 Å². The summed E-state index contributed by atoms with van der Waals surface area (Å²) in [5.41, 5.74) is 1.39. The molecule has 2 amide bonds. The van der Waals surface area contributed by atoms with Crippen LogP contribution in [0.25, 0.3) is 11.0 Å². The monoisotopic (exact) mass is 416 g/mol. The van der Waals surface area contributed by atoms with Gasteiger partial charge >= 0.3 is 12.2 Å². The van der Waals surface area contributed by atoms with Crippen molar-refractivity contribution in [2.75, 3.05) is 13.7 Å². The SMILES string of the molecule is COC(=O)NCCCn1cc(C(C)N(C(=O)OC(C)(C)C)C2CC2)c2cccnc21. The number of nitrogens with zero attached hydrogens (tertiary/aromatic N) is 3. The molecule has 30 heavy (non-hydrogen) atoms. The summed E-state index contributed by atoms with van der Waals surface area (Å²) >= 11 is 0. The minimum absolute atomic E-state index is 0.131. The average Bonchev–Trinajstić information content (AvgIpc) is 3.44. The number of rotatable bonds is 7. The van der Waals surface area contributed by atoms with Gasteiger partial charge < -0.3 is 19.4 Å². The number of hydrogen-bond donors (Lipinski definition) is 1. The van der Waals surface area contributed by atoms with Gasteiger partial charge in [-0.05, 0) is 59.1 Å². The summed E-state index contributed by atoms with van der Waals surface area (Å²) < 4.78 is 12.4. The molecule has 0 saturated heterocycles. The van der Waals surface area contributed by atoms with E-state index in [1.807, 2.05) is 44.7 Å². The van der Waals surface area contributed by atoms with E-state index in [0.717, 1.165) is 35.9 Å². The third-order valence-electron chi connectivity index (χ3n) is 5.11. The molecule has 1 unspecified atom stereocenters. The van der Waals surface area contributed by atoms with Gasteiger partial charge in [0.25, 0.3) is 0 Å². The maximum absolute atomic E-state index is 12.9. The second-order valence-electron chi connectivity index (χ2n) is 8.72. The second-order valence-corrected chi connectivity index (χ2v) is 8.72. The fourth-order valence-corrected chi connectivity index (χ4v) is 3.61. The molecule has 0 spiro atoms. The number of fused-ring (bicyclic) bond motifs is 1. The lowest BCUT2D eigenvalue weighted by atomic mass is 10.1. The van der Waals surface area contributed by atoms with Crippen LogP contribution >= 0.6 is 0 Å². The molecule has 8 heteroatoms. The van der Waals surface area contributed by atoms with Crippen LogP contribution in [-0.4, -0.2) is 51.9 Å². The number of methoxy groups -OCH3 is 1. The number of carbonyl (C=O) groups excluding carboxylic acids is 2. The molecule has 2 aromatic rings. The molecular weight excluding hydrogens is 384 g/mol. The number of alkyl carbamates (subject to hydrolysis) is 1. The third-order valence-corrected chi connectivity index (χ3v) is 5.11. The summed E-state index contributed by atoms with van der Waals surface area (Å²) in [6, 6.07) is 4.04. The quantitative estimate of drug-likeness (QED) is 0.682. The Balaban J connectivity index is 1.82. The minimum Gasteiger partial charge on any atom is -0.453 e. The lowest BCUT2D eigenvalue weighted by Crippen LogP contribution is -2.39. The molecule has 0 aliphatic heterocycles. The molecule has 2 aromatic heterocycles. The highest BCUT2D eigenvalue weighted by Crippen LogP contribution is 2.38. The van der Waals surface area contributed by atoms with Gasteiger partial charge in [0.15, 0.2) is 0 Å². The number of nitrogens with one attached hydrogen (secondary N) is 1. The van der Waals surface area contributed by atoms with Gasteiger partial charge in [-0.3, -0.25) is 4.90 Å². The van der Waals surface area contributed by atoms with E-state index >= 15 is 0 Å². The standard InChI is InChI=1S/C22H32N4O4/c1-15(26(16-9-10-16)21(28)30-22(2,3)4)18-14-25(13-7-12-24-20(27)29-5)19-17(18)8-6-11-23-19/h6,8,11,14-16H,7,9-10,12-13H2,1-5H3,(H,24,27). The zero-order valence-corrected chi connectivity index (χ0v) is 18.5. The number of pyridine rings is 1. The topological polar surface area (TPSA) is 85.7 Å². The Bertz CT molecular complexity index is 898. The van der Waals surface area contributed by atoms with E-state index in [4.69, 9.17) is 4.74 Å². The normalized spacial score (nSPS) is 15.0. The molecule has 8 nitrogen and oxygen atoms in total. The lowest BCUT2D eigenvalue weighted by molar-refractivity contribution is 0.0154. The van der Waals surface area contributed by atoms with Crippen LogP contribution in [0.2, 0.25) is 0 Å². The molecule has 1 aliphatic carbocycles. The first-order valence-corrected chi connectivity index (χ1v) is 10.5. The van der Waals surface area contributed by atoms with Crippen molar-refractivity contribution in [3.8, 4) is 0 Å². The molecule has 1 saturated carbocycles. The predicted molar refractivity (Wildman–Crippen MR) is 114 cm³/mol. The van der Waals surface area contributed by atoms with Crippen molar-refractivity contribution in [3.05, 3.63) is 30.1 Å². The molecular formula is C22H32N4O4. The Labute approximate surface area is 177 Å². The van der Waals surface area contributed by atoms with Gasteiger partial charge in [-0.25, -0.2) is 14.6 Å². The molecule has 0 radical (unpaired) electrons. The van der Waals surface area contributed by atoms with E-state index in [1.165, 1.54) is 7.11 Å². The van der Waals surface area contributed by atoms with Crippen molar-refractivity contribution in [2.24, 2.45) is 0 Å². The van der Waals surface area contributed by atoms with E-state index in [0.29, 0.717) is 13.1 Å². The first-order valence-electron chi connectivity index (χ1n) is 10.5. The number of hydrogen-bond acceptors (Lipinski definition) is 5. The van der Waals surface area contributed by atoms with Crippen LogP contribution in [0, 0.1) is 0 Å². The first-order chi connectivity index (χ1) is 14.2. The van der Waals surface area contributed by atoms with Crippen LogP contribution in [0.3, 0.4) is 0 Å². The smallest absolute Gasteiger partial charge is 0.411 e. The van der Waals surface area contributed by atoms with Gasteiger partial charge in [0.2, 0.25) is 0 Å². The fraction of sp³-hybridized carbons (Fsp3) is 0.591. The fourth-order valence-electron chi connectivity index (χ4n) is 3.61. The van der Waals surface area contributed by atoms with Gasteiger partial charge in [-0.15, -0.1) is 0 Å². The second kappa shape index (κ2) is 8.93. The van der Waals surface area contributed by atoms with Crippen LogP contribution in [0.5, 0.6) is 0 Å². The van der Waals surface area contributed by atoms with Crippen LogP contribution in [-0.2, 0) is 16.0 Å². The highest BCUT2D eigenvalue weighted by atomic mass is 16.6. The first kappa shape index (κ1) is 21.9. The number of amides is 2. The highest BCUT2D eigenvalue weighted by molar-refractivity contribution is 5.82. The Morgan fingerprint density at radius 3 is 2.73 bits per heavy atom. The third kappa shape index (κ3) is 5.23. The van der Waals surface area contributed by atoms with Crippen molar-refractivity contribution < 1.29 is 19.1 Å². The number of ether oxygens (including phenoxy) is 2. The van der Waals surface area contributed by atoms with E-state index in [1.54, 1.807) is 6.20 Å². The van der Waals surface area contributed by atoms with Gasteiger partial charge in [-0.2, -0.15) is 0 Å². The van der Waals surface area contributed by atoms with E-state index in [9.17, 15) is 9.59 Å². The van der Waals surface area contributed by atoms with Gasteiger partial charge in [-0.1, -0.05) is 0 Å². The molecule has 1 atom stereocenters. The van der Waals surface area contributed by atoms with E-state index < -0.39 is 11.7 Å². The molecule has 0 bridgehead atoms. The molecule has 3 rings (SSSR count). The molecule has 164 valence electrons. The van der Waals surface area contributed by atoms with Gasteiger partial charge in [0, 0.05) is 42.5 Å². The highest BCUT2D eigenvalue weighted by Gasteiger charge is 2.39. The van der Waals surface area contributed by atoms with Crippen molar-refractivity contribution in [1.82, 2.24) is 19.8 Å². The molecule has 1 fully saturated rings. The molecule has 1 aliphatic rings. The minimum atomic E-state index is -0.536. The van der Waals surface area contributed by atoms with Crippen LogP contribution in [0.15, 0.2) is 24.5 Å². The van der Waals surface area contributed by atoms with Crippen LogP contribution in [0.1, 0.15) is 58.6 Å². The summed E-state index contributed by atoms with van der Waals surface area (Å²) in [5, 5.41) is 3.72. The Kier molecular flexibility index (Phi) is 6.53. The maximum atomic E-state index is 12.9. The van der Waals surface area contributed by atoms with Crippen molar-refractivity contribution in [1.29, 1.82) is 0 Å². The van der Waals surface area contributed by atoms with E-state index in [2.05, 4.69) is 25.8 Å².